The van der Waals surface area contributed by atoms with E-state index >= 15 is 0 Å². The van der Waals surface area contributed by atoms with E-state index in [1.165, 1.54) is 0 Å². The molecule has 0 saturated carbocycles. The number of morpholine rings is 1. The van der Waals surface area contributed by atoms with Crippen LogP contribution in [0.15, 0.2) is 0 Å². The van der Waals surface area contributed by atoms with Crippen LogP contribution in [-0.4, -0.2) is 30.4 Å². The minimum Gasteiger partial charge on any atom is -0.364 e. The summed E-state index contributed by atoms with van der Waals surface area (Å²) in [5, 5.41) is 2.90. The van der Waals surface area contributed by atoms with Gasteiger partial charge in [0.1, 0.15) is 0 Å². The molecule has 1 heterocycles. The van der Waals surface area contributed by atoms with Crippen molar-refractivity contribution in [3.63, 3.8) is 0 Å². The summed E-state index contributed by atoms with van der Waals surface area (Å²) in [6.45, 7) is 1.53. The summed E-state index contributed by atoms with van der Waals surface area (Å²) in [5.74, 6) is -0.721. The first-order chi connectivity index (χ1) is 4.61. The van der Waals surface area contributed by atoms with Gasteiger partial charge in [-0.3, -0.25) is 10.1 Å². The Labute approximate surface area is 59.1 Å². The van der Waals surface area contributed by atoms with Gasteiger partial charge in [0.2, 0.25) is 0 Å². The monoisotopic (exact) mass is 166 g/mol. The third kappa shape index (κ3) is 2.04. The molecule has 1 aliphatic rings. The smallest absolute Gasteiger partial charge is 0.294 e. The molecule has 0 radical (unpaired) electrons. The maximum Gasteiger partial charge on any atom is 0.294 e. The van der Waals surface area contributed by atoms with Gasteiger partial charge in [-0.1, -0.05) is 0 Å². The Morgan fingerprint density at radius 1 is 1.80 bits per heavy atom. The fourth-order valence-electron chi connectivity index (χ4n) is 0.789. The van der Waals surface area contributed by atoms with Gasteiger partial charge in [0.05, 0.1) is 6.61 Å². The molecule has 0 aromatic rings. The van der Waals surface area contributed by atoms with Crippen molar-refractivity contribution in [3.05, 3.63) is 0 Å². The fraction of sp³-hybridized carbons (Fsp3) is 1.00. The highest BCUT2D eigenvalue weighted by atomic mass is 31.2. The maximum absolute atomic E-state index is 10.7. The molecule has 10 heavy (non-hydrogen) atoms. The van der Waals surface area contributed by atoms with Crippen molar-refractivity contribution in [1.82, 2.24) is 5.32 Å². The van der Waals surface area contributed by atoms with Gasteiger partial charge in [-0.2, -0.15) is 0 Å². The van der Waals surface area contributed by atoms with Gasteiger partial charge in [0.25, 0.3) is 7.52 Å². The van der Waals surface area contributed by atoms with E-state index in [-0.39, 0.29) is 0 Å². The first kappa shape index (κ1) is 8.17. The molecule has 0 spiro atoms. The highest BCUT2D eigenvalue weighted by Gasteiger charge is 2.28. The highest BCUT2D eigenvalue weighted by molar-refractivity contribution is 7.56. The van der Waals surface area contributed by atoms with Crippen LogP contribution in [0.5, 0.6) is 0 Å². The van der Waals surface area contributed by atoms with Crippen molar-refractivity contribution < 1.29 is 14.2 Å². The largest absolute Gasteiger partial charge is 0.364 e. The number of nitrogens with one attached hydrogen (secondary N) is 1. The van der Waals surface area contributed by atoms with Crippen LogP contribution in [0.2, 0.25) is 0 Å². The van der Waals surface area contributed by atoms with E-state index in [2.05, 4.69) is 5.32 Å². The minimum atomic E-state index is -3.53. The molecule has 5 nitrogen and oxygen atoms in total. The summed E-state index contributed by atoms with van der Waals surface area (Å²) >= 11 is 0. The Hall–Kier alpha value is 0.0700. The molecule has 1 fully saturated rings. The molecule has 2 unspecified atom stereocenters. The van der Waals surface area contributed by atoms with Gasteiger partial charge < -0.3 is 14.9 Å². The third-order valence-corrected chi connectivity index (χ3v) is 2.48. The normalized spacial score (nSPS) is 33.2. The second-order valence-corrected chi connectivity index (χ2v) is 4.12. The number of hydrogen-bond acceptors (Lipinski definition) is 3. The lowest BCUT2D eigenvalue weighted by molar-refractivity contribution is 0.0705. The summed E-state index contributed by atoms with van der Waals surface area (Å²) in [6.07, 6.45) is 0. The van der Waals surface area contributed by atoms with Gasteiger partial charge >= 0.3 is 0 Å². The van der Waals surface area contributed by atoms with Gasteiger partial charge in [-0.25, -0.2) is 0 Å². The van der Waals surface area contributed by atoms with Gasteiger partial charge in [-0.05, 0) is 0 Å². The second kappa shape index (κ2) is 2.98. The van der Waals surface area contributed by atoms with Crippen molar-refractivity contribution >= 4 is 7.52 Å². The van der Waals surface area contributed by atoms with Crippen molar-refractivity contribution in [2.75, 3.05) is 19.7 Å². The first-order valence-electron chi connectivity index (χ1n) is 3.04. The summed E-state index contributed by atoms with van der Waals surface area (Å²) in [7, 11) is -3.53. The van der Waals surface area contributed by atoms with Crippen molar-refractivity contribution in [3.8, 4) is 0 Å². The van der Waals surface area contributed by atoms with Crippen molar-refractivity contribution in [2.45, 2.75) is 5.85 Å². The Morgan fingerprint density at radius 2 is 2.50 bits per heavy atom. The lowest BCUT2D eigenvalue weighted by atomic mass is 10.5. The van der Waals surface area contributed by atoms with Crippen molar-refractivity contribution in [2.24, 2.45) is 5.50 Å². The predicted octanol–water partition coefficient (Wildman–Crippen LogP) is -0.924. The molecule has 6 heteroatoms. The van der Waals surface area contributed by atoms with Crippen LogP contribution in [-0.2, 0) is 9.30 Å². The minimum absolute atomic E-state index is 0.365. The molecule has 0 aromatic heterocycles. The van der Waals surface area contributed by atoms with E-state index in [1.54, 1.807) is 0 Å². The Bertz CT molecular complexity index is 151. The maximum atomic E-state index is 10.7. The Kier molecular flexibility index (Phi) is 2.44. The summed E-state index contributed by atoms with van der Waals surface area (Å²) < 4.78 is 15.7. The average Bonchev–Trinajstić information content (AvgIpc) is 1.88. The Balaban J connectivity index is 2.47. The van der Waals surface area contributed by atoms with Gasteiger partial charge in [-0.15, -0.1) is 0 Å². The van der Waals surface area contributed by atoms with Gasteiger partial charge in [0.15, 0.2) is 5.85 Å². The molecule has 1 aliphatic heterocycles. The molecular weight excluding hydrogens is 155 g/mol. The van der Waals surface area contributed by atoms with E-state index in [1.807, 2.05) is 0 Å². The molecule has 4 N–H and O–H groups in total. The van der Waals surface area contributed by atoms with Gasteiger partial charge in [0, 0.05) is 13.1 Å². The molecule has 2 atom stereocenters. The zero-order chi connectivity index (χ0) is 7.61. The zero-order valence-corrected chi connectivity index (χ0v) is 6.38. The molecule has 1 saturated heterocycles. The molecule has 0 aliphatic carbocycles. The number of nitrogens with two attached hydrogens (primary N) is 1. The van der Waals surface area contributed by atoms with E-state index < -0.39 is 13.4 Å². The van der Waals surface area contributed by atoms with Crippen LogP contribution in [0.1, 0.15) is 0 Å². The summed E-state index contributed by atoms with van der Waals surface area (Å²) in [6, 6.07) is 0. The molecule has 1 rings (SSSR count). The summed E-state index contributed by atoms with van der Waals surface area (Å²) in [4.78, 5) is 8.81. The first-order valence-corrected chi connectivity index (χ1v) is 4.84. The summed E-state index contributed by atoms with van der Waals surface area (Å²) in [5.41, 5.74) is 4.96. The third-order valence-electron chi connectivity index (χ3n) is 1.32. The molecule has 0 aromatic carbocycles. The van der Waals surface area contributed by atoms with Crippen LogP contribution in [0.3, 0.4) is 0 Å². The standard InChI is InChI=1S/C4H11N2O3P/c5-10(7,8)4-3-6-1-2-9-4/h4,6H,1-3H2,(H3,5,7,8). The van der Waals surface area contributed by atoms with E-state index in [0.717, 1.165) is 6.54 Å². The topological polar surface area (TPSA) is 84.6 Å². The number of rotatable bonds is 1. The van der Waals surface area contributed by atoms with Crippen LogP contribution < -0.4 is 10.8 Å². The predicted molar refractivity (Wildman–Crippen MR) is 36.6 cm³/mol. The lowest BCUT2D eigenvalue weighted by Gasteiger charge is -2.24. The molecule has 0 bridgehead atoms. The second-order valence-electron chi connectivity index (χ2n) is 2.20. The lowest BCUT2D eigenvalue weighted by Crippen LogP contribution is -2.39. The Morgan fingerprint density at radius 3 is 2.80 bits per heavy atom. The van der Waals surface area contributed by atoms with Crippen LogP contribution in [0, 0.1) is 0 Å². The quantitative estimate of drug-likeness (QED) is 0.438. The number of hydrogen-bond donors (Lipinski definition) is 3. The van der Waals surface area contributed by atoms with Crippen LogP contribution in [0.25, 0.3) is 0 Å². The van der Waals surface area contributed by atoms with E-state index in [0.29, 0.717) is 13.2 Å². The van der Waals surface area contributed by atoms with Crippen molar-refractivity contribution in [1.29, 1.82) is 0 Å². The SMILES string of the molecule is NP(=O)(O)C1CNCCO1. The van der Waals surface area contributed by atoms with Crippen LogP contribution in [0.4, 0.5) is 0 Å². The molecule has 60 valence electrons. The van der Waals surface area contributed by atoms with Crippen LogP contribution >= 0.6 is 7.52 Å². The molecular formula is C4H11N2O3P. The fourth-order valence-corrected chi connectivity index (χ4v) is 1.50. The van der Waals surface area contributed by atoms with E-state index in [4.69, 9.17) is 15.1 Å². The highest BCUT2D eigenvalue weighted by Crippen LogP contribution is 2.37. The van der Waals surface area contributed by atoms with E-state index in [9.17, 15) is 4.57 Å². The average molecular weight is 166 g/mol. The number of ether oxygens (including phenoxy) is 1. The molecule has 0 amide bonds. The zero-order valence-electron chi connectivity index (χ0n) is 5.49.